The lowest BCUT2D eigenvalue weighted by atomic mass is 10.1. The molecule has 4 aromatic rings. The highest BCUT2D eigenvalue weighted by atomic mass is 32.2. The molecule has 7 heteroatoms. The second-order valence-corrected chi connectivity index (χ2v) is 8.56. The third-order valence-electron chi connectivity index (χ3n) is 4.37. The van der Waals surface area contributed by atoms with E-state index in [9.17, 15) is 4.79 Å². The SMILES string of the molecule is CCCSc1ccccc1NC(=O)c1sc2nc(-c3ccncc3)ccc2c1N. The standard InChI is InChI=1S/C22H20N4OS2/c1-2-13-28-18-6-4-3-5-17(18)25-21(27)20-19(23)15-7-8-16(26-22(15)29-20)14-9-11-24-12-10-14/h3-12H,2,13,23H2,1H3,(H,25,27). The summed E-state index contributed by atoms with van der Waals surface area (Å²) in [5, 5.41) is 3.82. The van der Waals surface area contributed by atoms with Gasteiger partial charge in [-0.2, -0.15) is 0 Å². The van der Waals surface area contributed by atoms with Crippen LogP contribution in [0.5, 0.6) is 0 Å². The van der Waals surface area contributed by atoms with Gasteiger partial charge in [0.2, 0.25) is 0 Å². The van der Waals surface area contributed by atoms with Crippen molar-refractivity contribution in [3.63, 3.8) is 0 Å². The highest BCUT2D eigenvalue weighted by molar-refractivity contribution is 7.99. The maximum atomic E-state index is 13.0. The van der Waals surface area contributed by atoms with Crippen LogP contribution in [0.4, 0.5) is 11.4 Å². The van der Waals surface area contributed by atoms with Gasteiger partial charge in [0.25, 0.3) is 5.91 Å². The number of nitrogen functional groups attached to an aromatic ring is 1. The molecule has 0 atom stereocenters. The van der Waals surface area contributed by atoms with E-state index in [1.165, 1.54) is 11.3 Å². The number of nitrogens with one attached hydrogen (secondary N) is 1. The van der Waals surface area contributed by atoms with Crippen molar-refractivity contribution >= 4 is 50.6 Å². The molecule has 0 unspecified atom stereocenters. The van der Waals surface area contributed by atoms with E-state index < -0.39 is 0 Å². The summed E-state index contributed by atoms with van der Waals surface area (Å²) in [6, 6.07) is 15.5. The van der Waals surface area contributed by atoms with Crippen molar-refractivity contribution in [2.45, 2.75) is 18.2 Å². The van der Waals surface area contributed by atoms with E-state index in [2.05, 4.69) is 17.2 Å². The average molecular weight is 421 g/mol. The summed E-state index contributed by atoms with van der Waals surface area (Å²) in [4.78, 5) is 24.0. The van der Waals surface area contributed by atoms with Gasteiger partial charge in [-0.05, 0) is 48.6 Å². The first-order valence-electron chi connectivity index (χ1n) is 9.30. The Kier molecular flexibility index (Phi) is 5.78. The van der Waals surface area contributed by atoms with Crippen LogP contribution < -0.4 is 11.1 Å². The highest BCUT2D eigenvalue weighted by Gasteiger charge is 2.19. The molecule has 3 N–H and O–H groups in total. The molecule has 29 heavy (non-hydrogen) atoms. The van der Waals surface area contributed by atoms with Crippen molar-refractivity contribution in [2.75, 3.05) is 16.8 Å². The Morgan fingerprint density at radius 2 is 1.93 bits per heavy atom. The minimum absolute atomic E-state index is 0.208. The van der Waals surface area contributed by atoms with Crippen LogP contribution in [0.15, 0.2) is 65.8 Å². The lowest BCUT2D eigenvalue weighted by molar-refractivity contribution is 0.103. The molecule has 5 nitrogen and oxygen atoms in total. The van der Waals surface area contributed by atoms with Crippen LogP contribution in [0, 0.1) is 0 Å². The van der Waals surface area contributed by atoms with Gasteiger partial charge < -0.3 is 11.1 Å². The second-order valence-electron chi connectivity index (χ2n) is 6.43. The second kappa shape index (κ2) is 8.63. The summed E-state index contributed by atoms with van der Waals surface area (Å²) in [5.41, 5.74) is 9.37. The normalized spacial score (nSPS) is 10.9. The molecule has 3 aromatic heterocycles. The number of fused-ring (bicyclic) bond motifs is 1. The van der Waals surface area contributed by atoms with E-state index >= 15 is 0 Å². The van der Waals surface area contributed by atoms with Crippen LogP contribution in [0.2, 0.25) is 0 Å². The minimum Gasteiger partial charge on any atom is -0.397 e. The molecule has 3 heterocycles. The molecule has 0 saturated heterocycles. The number of carbonyl (C=O) groups excluding carboxylic acids is 1. The molecule has 0 spiro atoms. The predicted molar refractivity (Wildman–Crippen MR) is 123 cm³/mol. The molecule has 0 bridgehead atoms. The Morgan fingerprint density at radius 3 is 2.72 bits per heavy atom. The van der Waals surface area contributed by atoms with Gasteiger partial charge in [-0.3, -0.25) is 9.78 Å². The number of thiophene rings is 1. The molecule has 0 aliphatic rings. The smallest absolute Gasteiger partial charge is 0.267 e. The van der Waals surface area contributed by atoms with Crippen molar-refractivity contribution < 1.29 is 4.79 Å². The largest absolute Gasteiger partial charge is 0.397 e. The molecule has 1 aromatic carbocycles. The third-order valence-corrected chi connectivity index (χ3v) is 6.77. The molecule has 146 valence electrons. The first kappa shape index (κ1) is 19.4. The van der Waals surface area contributed by atoms with E-state index in [1.54, 1.807) is 24.2 Å². The van der Waals surface area contributed by atoms with Crippen molar-refractivity contribution in [3.05, 3.63) is 65.8 Å². The zero-order valence-electron chi connectivity index (χ0n) is 15.9. The van der Waals surface area contributed by atoms with Gasteiger partial charge in [-0.15, -0.1) is 23.1 Å². The average Bonchev–Trinajstić information content (AvgIpc) is 3.10. The number of benzene rings is 1. The fourth-order valence-electron chi connectivity index (χ4n) is 2.94. The Balaban J connectivity index is 1.64. The molecule has 0 aliphatic heterocycles. The lowest BCUT2D eigenvalue weighted by Crippen LogP contribution is -2.12. The monoisotopic (exact) mass is 420 g/mol. The summed E-state index contributed by atoms with van der Waals surface area (Å²) in [6.07, 6.45) is 4.54. The number of rotatable bonds is 6. The van der Waals surface area contributed by atoms with Crippen molar-refractivity contribution in [3.8, 4) is 11.3 Å². The number of thioether (sulfide) groups is 1. The number of hydrogen-bond donors (Lipinski definition) is 2. The van der Waals surface area contributed by atoms with Gasteiger partial charge in [-0.25, -0.2) is 4.98 Å². The zero-order valence-corrected chi connectivity index (χ0v) is 17.5. The van der Waals surface area contributed by atoms with Crippen LogP contribution in [0.3, 0.4) is 0 Å². The molecule has 0 saturated carbocycles. The number of carbonyl (C=O) groups is 1. The third kappa shape index (κ3) is 4.11. The summed E-state index contributed by atoms with van der Waals surface area (Å²) >= 11 is 3.05. The summed E-state index contributed by atoms with van der Waals surface area (Å²) in [6.45, 7) is 2.14. The van der Waals surface area contributed by atoms with E-state index in [1.807, 2.05) is 48.5 Å². The molecule has 0 radical (unpaired) electrons. The van der Waals surface area contributed by atoms with E-state index in [0.717, 1.165) is 44.2 Å². The van der Waals surface area contributed by atoms with Crippen LogP contribution in [-0.4, -0.2) is 21.6 Å². The van der Waals surface area contributed by atoms with Crippen molar-refractivity contribution in [1.82, 2.24) is 9.97 Å². The Labute approximate surface area is 177 Å². The molecule has 0 fully saturated rings. The van der Waals surface area contributed by atoms with Crippen LogP contribution in [-0.2, 0) is 0 Å². The molecule has 0 aliphatic carbocycles. The summed E-state index contributed by atoms with van der Waals surface area (Å²) in [5.74, 6) is 0.792. The van der Waals surface area contributed by atoms with Crippen LogP contribution in [0.1, 0.15) is 23.0 Å². The van der Waals surface area contributed by atoms with Gasteiger partial charge in [0.1, 0.15) is 9.71 Å². The van der Waals surface area contributed by atoms with Gasteiger partial charge in [-0.1, -0.05) is 19.1 Å². The summed E-state index contributed by atoms with van der Waals surface area (Å²) in [7, 11) is 0. The molecule has 4 rings (SSSR count). The van der Waals surface area contributed by atoms with Gasteiger partial charge in [0.05, 0.1) is 17.1 Å². The highest BCUT2D eigenvalue weighted by Crippen LogP contribution is 2.35. The predicted octanol–water partition coefficient (Wildman–Crippen LogP) is 5.69. The number of pyridine rings is 2. The van der Waals surface area contributed by atoms with Crippen molar-refractivity contribution in [1.29, 1.82) is 0 Å². The maximum absolute atomic E-state index is 13.0. The van der Waals surface area contributed by atoms with Crippen LogP contribution in [0.25, 0.3) is 21.5 Å². The number of nitrogens with zero attached hydrogens (tertiary/aromatic N) is 2. The van der Waals surface area contributed by atoms with E-state index in [4.69, 9.17) is 10.7 Å². The van der Waals surface area contributed by atoms with E-state index in [0.29, 0.717) is 10.6 Å². The Hall–Kier alpha value is -2.90. The number of nitrogens with two attached hydrogens (primary N) is 1. The van der Waals surface area contributed by atoms with Crippen molar-refractivity contribution in [2.24, 2.45) is 0 Å². The lowest BCUT2D eigenvalue weighted by Gasteiger charge is -2.10. The van der Waals surface area contributed by atoms with Crippen LogP contribution >= 0.6 is 23.1 Å². The summed E-state index contributed by atoms with van der Waals surface area (Å²) < 4.78 is 0. The quantitative estimate of drug-likeness (QED) is 0.391. The van der Waals surface area contributed by atoms with Gasteiger partial charge >= 0.3 is 0 Å². The number of hydrogen-bond acceptors (Lipinski definition) is 6. The first-order chi connectivity index (χ1) is 14.2. The minimum atomic E-state index is -0.208. The number of anilines is 2. The fourth-order valence-corrected chi connectivity index (χ4v) is 4.80. The topological polar surface area (TPSA) is 80.9 Å². The molecule has 1 amide bonds. The number of aromatic nitrogens is 2. The number of amides is 1. The van der Waals surface area contributed by atoms with Gasteiger partial charge in [0, 0.05) is 28.2 Å². The first-order valence-corrected chi connectivity index (χ1v) is 11.1. The van der Waals surface area contributed by atoms with Gasteiger partial charge in [0.15, 0.2) is 0 Å². The van der Waals surface area contributed by atoms with E-state index in [-0.39, 0.29) is 5.91 Å². The Morgan fingerprint density at radius 1 is 1.14 bits per heavy atom. The number of para-hydroxylation sites is 1. The molecular weight excluding hydrogens is 400 g/mol. The Bertz CT molecular complexity index is 1160. The molecular formula is C22H20N4OS2. The maximum Gasteiger partial charge on any atom is 0.267 e. The fraction of sp³-hybridized carbons (Fsp3) is 0.136. The zero-order chi connectivity index (χ0) is 20.2.